The summed E-state index contributed by atoms with van der Waals surface area (Å²) in [6, 6.07) is 3.51. The minimum absolute atomic E-state index is 0.0742. The molecule has 9 heteroatoms. The van der Waals surface area contributed by atoms with Crippen molar-refractivity contribution >= 4 is 11.7 Å². The van der Waals surface area contributed by atoms with Crippen molar-refractivity contribution in [3.8, 4) is 0 Å². The van der Waals surface area contributed by atoms with Crippen LogP contribution in [0.3, 0.4) is 0 Å². The van der Waals surface area contributed by atoms with Gasteiger partial charge in [-0.15, -0.1) is 0 Å². The standard InChI is InChI=1S/C19H27F3N4O2/c1-14(17(27)25-16-4-2-3-15(24-16)19(20,21)22)13-18(5-11-28-12-6-18)26-9-7-23-8-10-26/h2-4,14,23H,5-13H2,1H3,(H,24,25,27). The summed E-state index contributed by atoms with van der Waals surface area (Å²) in [4.78, 5) is 18.6. The number of amides is 1. The molecule has 2 N–H and O–H groups in total. The lowest BCUT2D eigenvalue weighted by Gasteiger charge is -2.49. The highest BCUT2D eigenvalue weighted by Gasteiger charge is 2.41. The first kappa shape index (κ1) is 21.0. The lowest BCUT2D eigenvalue weighted by atomic mass is 9.79. The Bertz CT molecular complexity index is 671. The predicted molar refractivity (Wildman–Crippen MR) is 98.9 cm³/mol. The fourth-order valence-corrected chi connectivity index (χ4v) is 4.11. The van der Waals surface area contributed by atoms with Crippen LogP contribution >= 0.6 is 0 Å². The van der Waals surface area contributed by atoms with Crippen LogP contribution in [0.15, 0.2) is 18.2 Å². The summed E-state index contributed by atoms with van der Waals surface area (Å²) in [5.74, 6) is -0.743. The molecule has 2 fully saturated rings. The fourth-order valence-electron chi connectivity index (χ4n) is 4.11. The molecule has 3 rings (SSSR count). The van der Waals surface area contributed by atoms with Crippen molar-refractivity contribution < 1.29 is 22.7 Å². The summed E-state index contributed by atoms with van der Waals surface area (Å²) >= 11 is 0. The van der Waals surface area contributed by atoms with Crippen molar-refractivity contribution in [3.63, 3.8) is 0 Å². The summed E-state index contributed by atoms with van der Waals surface area (Å²) in [5.41, 5.74) is -1.13. The molecule has 2 aliphatic rings. The molecule has 0 aliphatic carbocycles. The van der Waals surface area contributed by atoms with Gasteiger partial charge in [-0.2, -0.15) is 13.2 Å². The van der Waals surface area contributed by atoms with Gasteiger partial charge in [0.2, 0.25) is 5.91 Å². The number of halogens is 3. The number of pyridine rings is 1. The second kappa shape index (κ2) is 8.75. The molecule has 0 saturated carbocycles. The molecular formula is C19H27F3N4O2. The molecule has 1 unspecified atom stereocenters. The van der Waals surface area contributed by atoms with Crippen LogP contribution in [-0.2, 0) is 15.7 Å². The Morgan fingerprint density at radius 1 is 1.32 bits per heavy atom. The maximum Gasteiger partial charge on any atom is 0.433 e. The van der Waals surface area contributed by atoms with Crippen molar-refractivity contribution in [2.45, 2.75) is 37.9 Å². The van der Waals surface area contributed by atoms with Crippen LogP contribution in [0.1, 0.15) is 31.9 Å². The first-order valence-electron chi connectivity index (χ1n) is 9.69. The highest BCUT2D eigenvalue weighted by molar-refractivity contribution is 5.91. The molecule has 156 valence electrons. The number of rotatable bonds is 5. The number of ether oxygens (including phenoxy) is 1. The Balaban J connectivity index is 1.68. The topological polar surface area (TPSA) is 66.5 Å². The zero-order valence-corrected chi connectivity index (χ0v) is 16.0. The lowest BCUT2D eigenvalue weighted by Crippen LogP contribution is -2.59. The Morgan fingerprint density at radius 3 is 2.64 bits per heavy atom. The lowest BCUT2D eigenvalue weighted by molar-refractivity contribution is -0.141. The van der Waals surface area contributed by atoms with Gasteiger partial charge in [0, 0.05) is 50.8 Å². The number of aromatic nitrogens is 1. The molecule has 2 aliphatic heterocycles. The van der Waals surface area contributed by atoms with Crippen LogP contribution in [0.5, 0.6) is 0 Å². The van der Waals surface area contributed by atoms with E-state index in [-0.39, 0.29) is 23.2 Å². The number of carbonyl (C=O) groups is 1. The van der Waals surface area contributed by atoms with Crippen LogP contribution in [0.2, 0.25) is 0 Å². The second-order valence-electron chi connectivity index (χ2n) is 7.57. The Morgan fingerprint density at radius 2 is 2.00 bits per heavy atom. The normalized spacial score (nSPS) is 21.9. The third-order valence-electron chi connectivity index (χ3n) is 5.64. The molecule has 0 bridgehead atoms. The maximum atomic E-state index is 12.8. The quantitative estimate of drug-likeness (QED) is 0.795. The van der Waals surface area contributed by atoms with Crippen LogP contribution in [0.4, 0.5) is 19.0 Å². The molecule has 1 aromatic rings. The molecule has 6 nitrogen and oxygen atoms in total. The monoisotopic (exact) mass is 400 g/mol. The third-order valence-corrected chi connectivity index (χ3v) is 5.64. The number of alkyl halides is 3. The first-order valence-corrected chi connectivity index (χ1v) is 9.69. The fraction of sp³-hybridized carbons (Fsp3) is 0.684. The molecule has 2 saturated heterocycles. The van der Waals surface area contributed by atoms with E-state index in [0.29, 0.717) is 19.6 Å². The second-order valence-corrected chi connectivity index (χ2v) is 7.57. The van der Waals surface area contributed by atoms with Crippen molar-refractivity contribution in [3.05, 3.63) is 23.9 Å². The maximum absolute atomic E-state index is 12.8. The van der Waals surface area contributed by atoms with E-state index in [0.717, 1.165) is 45.1 Å². The molecule has 0 aromatic carbocycles. The molecule has 0 radical (unpaired) electrons. The van der Waals surface area contributed by atoms with Gasteiger partial charge in [0.1, 0.15) is 11.5 Å². The van der Waals surface area contributed by atoms with Crippen LogP contribution in [0, 0.1) is 5.92 Å². The smallest absolute Gasteiger partial charge is 0.381 e. The number of anilines is 1. The Hall–Kier alpha value is -1.71. The van der Waals surface area contributed by atoms with Gasteiger partial charge >= 0.3 is 6.18 Å². The number of nitrogens with zero attached hydrogens (tertiary/aromatic N) is 2. The number of hydrogen-bond donors (Lipinski definition) is 2. The number of carbonyl (C=O) groups excluding carboxylic acids is 1. The van der Waals surface area contributed by atoms with Gasteiger partial charge in [0.15, 0.2) is 0 Å². The zero-order valence-electron chi connectivity index (χ0n) is 16.0. The van der Waals surface area contributed by atoms with E-state index in [9.17, 15) is 18.0 Å². The Labute approximate surface area is 162 Å². The highest BCUT2D eigenvalue weighted by atomic mass is 19.4. The van der Waals surface area contributed by atoms with Gasteiger partial charge < -0.3 is 15.4 Å². The third kappa shape index (κ3) is 5.01. The van der Waals surface area contributed by atoms with Gasteiger partial charge in [-0.25, -0.2) is 4.98 Å². The predicted octanol–water partition coefficient (Wildman–Crippen LogP) is 2.52. The van der Waals surface area contributed by atoms with E-state index in [4.69, 9.17) is 4.74 Å². The summed E-state index contributed by atoms with van der Waals surface area (Å²) in [6.07, 6.45) is -2.19. The van der Waals surface area contributed by atoms with Crippen LogP contribution in [-0.4, -0.2) is 60.7 Å². The SMILES string of the molecule is CC(CC1(N2CCNCC2)CCOCC1)C(=O)Nc1cccc(C(F)(F)F)n1. The summed E-state index contributed by atoms with van der Waals surface area (Å²) in [5, 5.41) is 5.90. The van der Waals surface area contributed by atoms with E-state index < -0.39 is 11.9 Å². The van der Waals surface area contributed by atoms with E-state index in [2.05, 4.69) is 20.5 Å². The number of piperazine rings is 1. The van der Waals surface area contributed by atoms with Crippen molar-refractivity contribution in [2.24, 2.45) is 5.92 Å². The van der Waals surface area contributed by atoms with Gasteiger partial charge in [-0.1, -0.05) is 13.0 Å². The summed E-state index contributed by atoms with van der Waals surface area (Å²) < 4.78 is 44.0. The van der Waals surface area contributed by atoms with Crippen LogP contribution < -0.4 is 10.6 Å². The number of nitrogens with one attached hydrogen (secondary N) is 2. The minimum Gasteiger partial charge on any atom is -0.381 e. The average molecular weight is 400 g/mol. The van der Waals surface area contributed by atoms with E-state index in [1.54, 1.807) is 0 Å². The van der Waals surface area contributed by atoms with E-state index >= 15 is 0 Å². The molecular weight excluding hydrogens is 373 g/mol. The average Bonchev–Trinajstić information content (AvgIpc) is 2.69. The van der Waals surface area contributed by atoms with E-state index in [1.807, 2.05) is 6.92 Å². The van der Waals surface area contributed by atoms with Gasteiger partial charge in [-0.3, -0.25) is 9.69 Å². The van der Waals surface area contributed by atoms with Gasteiger partial charge in [0.25, 0.3) is 0 Å². The molecule has 28 heavy (non-hydrogen) atoms. The first-order chi connectivity index (χ1) is 13.3. The molecule has 1 atom stereocenters. The van der Waals surface area contributed by atoms with E-state index in [1.165, 1.54) is 12.1 Å². The summed E-state index contributed by atoms with van der Waals surface area (Å²) in [7, 11) is 0. The molecule has 3 heterocycles. The molecule has 1 aromatic heterocycles. The zero-order chi connectivity index (χ0) is 20.2. The minimum atomic E-state index is -4.54. The van der Waals surface area contributed by atoms with Crippen molar-refractivity contribution in [2.75, 3.05) is 44.7 Å². The molecule has 0 spiro atoms. The number of hydrogen-bond acceptors (Lipinski definition) is 5. The van der Waals surface area contributed by atoms with Gasteiger partial charge in [-0.05, 0) is 31.4 Å². The van der Waals surface area contributed by atoms with Crippen molar-refractivity contribution in [1.29, 1.82) is 0 Å². The largest absolute Gasteiger partial charge is 0.433 e. The molecule has 1 amide bonds. The van der Waals surface area contributed by atoms with Crippen LogP contribution in [0.25, 0.3) is 0 Å². The Kier molecular flexibility index (Phi) is 6.57. The summed E-state index contributed by atoms with van der Waals surface area (Å²) in [6.45, 7) is 6.81. The van der Waals surface area contributed by atoms with Gasteiger partial charge in [0.05, 0.1) is 0 Å². The highest BCUT2D eigenvalue weighted by Crippen LogP contribution is 2.35. The van der Waals surface area contributed by atoms with Crippen molar-refractivity contribution in [1.82, 2.24) is 15.2 Å².